The zero-order valence-electron chi connectivity index (χ0n) is 15.2. The van der Waals surface area contributed by atoms with Gasteiger partial charge in [0.15, 0.2) is 16.7 Å². The van der Waals surface area contributed by atoms with Crippen LogP contribution >= 0.6 is 0 Å². The van der Waals surface area contributed by atoms with Crippen molar-refractivity contribution in [2.24, 2.45) is 0 Å². The SMILES string of the molecule is Cc1cccc2c(C(=O)[C-]3C=[S+][C-](c4cccnc4)[NH2+]3)c[nH+][c-]12.O=C(O)C(=O)O. The van der Waals surface area contributed by atoms with Crippen molar-refractivity contribution in [1.29, 1.82) is 0 Å². The first-order valence-electron chi connectivity index (χ1n) is 8.45. The Kier molecular flexibility index (Phi) is 5.91. The number of aliphatic carboxylic acids is 2. The number of aromatic amines is 1. The maximum Gasteiger partial charge on any atom is 0.414 e. The molecule has 3 heterocycles. The lowest BCUT2D eigenvalue weighted by atomic mass is 10.0. The molecule has 0 spiro atoms. The van der Waals surface area contributed by atoms with Gasteiger partial charge >= 0.3 is 11.9 Å². The fourth-order valence-electron chi connectivity index (χ4n) is 2.76. The lowest BCUT2D eigenvalue weighted by Crippen LogP contribution is -2.86. The number of nitrogens with zero attached hydrogens (tertiary/aromatic N) is 1. The van der Waals surface area contributed by atoms with Gasteiger partial charge in [0.1, 0.15) is 11.3 Å². The first-order chi connectivity index (χ1) is 13.9. The van der Waals surface area contributed by atoms with Crippen LogP contribution in [-0.4, -0.2) is 38.3 Å². The molecule has 9 heteroatoms. The zero-order chi connectivity index (χ0) is 21.0. The van der Waals surface area contributed by atoms with Crippen LogP contribution in [0.2, 0.25) is 0 Å². The van der Waals surface area contributed by atoms with E-state index in [9.17, 15) is 4.79 Å². The second-order valence-electron chi connectivity index (χ2n) is 6.08. The number of fused-ring (bicyclic) bond motifs is 1. The fraction of sp³-hybridized carbons (Fsp3) is 0.0500. The number of pyridine rings is 1. The van der Waals surface area contributed by atoms with Gasteiger partial charge in [-0.2, -0.15) is 0 Å². The minimum atomic E-state index is -1.82. The molecule has 2 aromatic heterocycles. The van der Waals surface area contributed by atoms with Crippen LogP contribution in [0.4, 0.5) is 0 Å². The Balaban J connectivity index is 0.000000353. The number of aryl methyl sites for hydroxylation is 1. The predicted octanol–water partition coefficient (Wildman–Crippen LogP) is -0.0539. The number of benzene rings is 1. The van der Waals surface area contributed by atoms with Crippen LogP contribution < -0.4 is 10.3 Å². The molecule has 0 aliphatic carbocycles. The molecule has 0 fully saturated rings. The summed E-state index contributed by atoms with van der Waals surface area (Å²) in [6.07, 6.45) is 5.37. The number of carboxylic acid groups (broad SMARTS) is 2. The molecule has 5 N–H and O–H groups in total. The van der Waals surface area contributed by atoms with Gasteiger partial charge in [0.25, 0.3) is 5.37 Å². The van der Waals surface area contributed by atoms with Gasteiger partial charge in [-0.15, -0.1) is 24.3 Å². The second-order valence-corrected chi connectivity index (χ2v) is 6.99. The molecule has 0 radical (unpaired) electrons. The van der Waals surface area contributed by atoms with Crippen molar-refractivity contribution in [3.05, 3.63) is 77.0 Å². The summed E-state index contributed by atoms with van der Waals surface area (Å²) in [7, 11) is 0. The summed E-state index contributed by atoms with van der Waals surface area (Å²) >= 11 is 1.57. The molecule has 1 aliphatic heterocycles. The summed E-state index contributed by atoms with van der Waals surface area (Å²) < 4.78 is 0. The van der Waals surface area contributed by atoms with Crippen LogP contribution in [0.25, 0.3) is 10.9 Å². The van der Waals surface area contributed by atoms with E-state index in [1.165, 1.54) is 0 Å². The van der Waals surface area contributed by atoms with Gasteiger partial charge in [-0.3, -0.25) is 4.98 Å². The molecule has 0 atom stereocenters. The van der Waals surface area contributed by atoms with E-state index in [2.05, 4.69) is 9.97 Å². The van der Waals surface area contributed by atoms with E-state index in [0.717, 1.165) is 39.0 Å². The molecule has 0 unspecified atom stereocenters. The first-order valence-corrected chi connectivity index (χ1v) is 9.33. The Bertz CT molecular complexity index is 1080. The Morgan fingerprint density at radius 3 is 2.55 bits per heavy atom. The standard InChI is InChI=1S/C18H15N3OS.C2H2O4/c1-11-4-2-6-13-14(9-20-16(11)13)17(22)15-10-23-18(21-15)12-5-3-7-19-8-12;3-1(4)2(5)6/h2-10,20H,21H2,1H3;(H,3,4)(H,5,6). The molecule has 4 rings (SSSR count). The minimum absolute atomic E-state index is 0.0493. The van der Waals surface area contributed by atoms with E-state index < -0.39 is 11.9 Å². The number of hydrogen-bond acceptors (Lipinski definition) is 4. The third kappa shape index (κ3) is 4.42. The van der Waals surface area contributed by atoms with Crippen LogP contribution in [0.3, 0.4) is 0 Å². The van der Waals surface area contributed by atoms with Gasteiger partial charge in [-0.25, -0.2) is 9.59 Å². The number of nitrogens with two attached hydrogens (primary N) is 1. The van der Waals surface area contributed by atoms with Crippen molar-refractivity contribution in [2.45, 2.75) is 6.92 Å². The molecular weight excluding hydrogens is 394 g/mol. The van der Waals surface area contributed by atoms with E-state index in [4.69, 9.17) is 19.8 Å². The molecule has 29 heavy (non-hydrogen) atoms. The van der Waals surface area contributed by atoms with E-state index >= 15 is 0 Å². The molecule has 148 valence electrons. The van der Waals surface area contributed by atoms with Crippen molar-refractivity contribution >= 4 is 45.3 Å². The molecule has 1 aromatic carbocycles. The molecule has 0 amide bonds. The number of Topliss-reactive ketones (excluding diaryl/α,β-unsaturated/α-hetero) is 1. The van der Waals surface area contributed by atoms with Crippen molar-refractivity contribution in [3.63, 3.8) is 0 Å². The number of carbonyl (C=O) groups excluding carboxylic acids is 1. The number of carbonyl (C=O) groups is 3. The van der Waals surface area contributed by atoms with Crippen molar-refractivity contribution in [2.75, 3.05) is 0 Å². The van der Waals surface area contributed by atoms with Crippen LogP contribution in [0.15, 0.2) is 48.9 Å². The summed E-state index contributed by atoms with van der Waals surface area (Å²) in [5.41, 5.74) is 3.92. The zero-order valence-corrected chi connectivity index (χ0v) is 16.1. The van der Waals surface area contributed by atoms with E-state index in [1.807, 2.05) is 54.1 Å². The Labute approximate surface area is 169 Å². The highest BCUT2D eigenvalue weighted by molar-refractivity contribution is 7.81. The number of para-hydroxylation sites is 1. The quantitative estimate of drug-likeness (QED) is 0.182. The van der Waals surface area contributed by atoms with Crippen molar-refractivity contribution in [1.82, 2.24) is 4.98 Å². The minimum Gasteiger partial charge on any atom is -0.473 e. The number of rotatable bonds is 3. The molecular formula is C20H17N3O5S. The predicted molar refractivity (Wildman–Crippen MR) is 106 cm³/mol. The molecule has 8 nitrogen and oxygen atoms in total. The highest BCUT2D eigenvalue weighted by Gasteiger charge is 2.32. The number of ketones is 1. The second kappa shape index (κ2) is 8.55. The highest BCUT2D eigenvalue weighted by Crippen LogP contribution is 2.21. The first kappa shape index (κ1) is 20.1. The molecule has 0 saturated carbocycles. The molecule has 3 aromatic rings. The monoisotopic (exact) mass is 411 g/mol. The number of hydrogen-bond donors (Lipinski definition) is 3. The number of nitrogens with one attached hydrogen (secondary N) is 1. The number of H-pyrrole nitrogens is 1. The van der Waals surface area contributed by atoms with Gasteiger partial charge in [0, 0.05) is 0 Å². The van der Waals surface area contributed by atoms with Crippen LogP contribution in [-0.2, 0) is 20.9 Å². The smallest absolute Gasteiger partial charge is 0.414 e. The average molecular weight is 411 g/mol. The maximum atomic E-state index is 12.8. The van der Waals surface area contributed by atoms with Crippen molar-refractivity contribution < 1.29 is 34.9 Å². The van der Waals surface area contributed by atoms with Gasteiger partial charge in [0.05, 0.1) is 12.2 Å². The summed E-state index contributed by atoms with van der Waals surface area (Å²) in [4.78, 5) is 38.4. The third-order valence-corrected chi connectivity index (χ3v) is 5.14. The van der Waals surface area contributed by atoms with Gasteiger partial charge in [0.2, 0.25) is 0 Å². The molecule has 1 aliphatic rings. The topological polar surface area (TPSA) is 135 Å². The average Bonchev–Trinajstić information content (AvgIpc) is 3.37. The van der Waals surface area contributed by atoms with E-state index in [0.29, 0.717) is 0 Å². The lowest BCUT2D eigenvalue weighted by Gasteiger charge is -2.12. The Hall–Kier alpha value is -3.69. The Morgan fingerprint density at radius 2 is 1.90 bits per heavy atom. The van der Waals surface area contributed by atoms with E-state index in [-0.39, 0.29) is 5.78 Å². The third-order valence-electron chi connectivity index (χ3n) is 4.16. The summed E-state index contributed by atoms with van der Waals surface area (Å²) in [6.45, 7) is 2.04. The van der Waals surface area contributed by atoms with Gasteiger partial charge in [-0.05, 0) is 35.2 Å². The highest BCUT2D eigenvalue weighted by atomic mass is 32.1. The van der Waals surface area contributed by atoms with Crippen molar-refractivity contribution in [3.8, 4) is 0 Å². The number of carboxylic acids is 2. The molecule has 0 saturated heterocycles. The number of aromatic nitrogens is 2. The van der Waals surface area contributed by atoms with Gasteiger partial charge in [-0.1, -0.05) is 12.3 Å². The van der Waals surface area contributed by atoms with E-state index in [1.54, 1.807) is 23.7 Å². The fourth-order valence-corrected chi connectivity index (χ4v) is 3.65. The maximum absolute atomic E-state index is 12.8. The normalized spacial score (nSPS) is 12.6. The summed E-state index contributed by atoms with van der Waals surface area (Å²) in [5.74, 6) is -3.60. The largest absolute Gasteiger partial charge is 0.473 e. The Morgan fingerprint density at radius 1 is 1.14 bits per heavy atom. The summed E-state index contributed by atoms with van der Waals surface area (Å²) in [5, 5.41) is 20.7. The molecule has 0 bridgehead atoms. The summed E-state index contributed by atoms with van der Waals surface area (Å²) in [6, 6.07) is 10.6. The van der Waals surface area contributed by atoms with Crippen LogP contribution in [0.1, 0.15) is 21.5 Å². The van der Waals surface area contributed by atoms with Crippen LogP contribution in [0.5, 0.6) is 0 Å². The lowest BCUT2D eigenvalue weighted by molar-refractivity contribution is -0.580. The number of quaternary nitrogens is 1. The van der Waals surface area contributed by atoms with Gasteiger partial charge < -0.3 is 25.3 Å². The van der Waals surface area contributed by atoms with Crippen LogP contribution in [0, 0.1) is 18.3 Å².